The Labute approximate surface area is 159 Å². The van der Waals surface area contributed by atoms with Crippen LogP contribution in [-0.2, 0) is 9.84 Å². The van der Waals surface area contributed by atoms with E-state index in [-0.39, 0.29) is 23.5 Å². The Bertz CT molecular complexity index is 913. The van der Waals surface area contributed by atoms with Crippen LogP contribution >= 0.6 is 0 Å². The van der Waals surface area contributed by atoms with Crippen molar-refractivity contribution in [3.05, 3.63) is 48.2 Å². The number of carbonyl (C=O) groups is 1. The zero-order chi connectivity index (χ0) is 19.4. The van der Waals surface area contributed by atoms with Crippen LogP contribution in [0.4, 0.5) is 11.5 Å². The molecule has 0 saturated carbocycles. The Morgan fingerprint density at radius 3 is 2.67 bits per heavy atom. The first kappa shape index (κ1) is 19.2. The number of ether oxygens (including phenoxy) is 1. The smallest absolute Gasteiger partial charge is 0.254 e. The van der Waals surface area contributed by atoms with Crippen LogP contribution in [0.3, 0.4) is 0 Å². The molecule has 1 aliphatic heterocycles. The lowest BCUT2D eigenvalue weighted by Crippen LogP contribution is -2.37. The lowest BCUT2D eigenvalue weighted by Gasteiger charge is -2.23. The van der Waals surface area contributed by atoms with Crippen molar-refractivity contribution in [2.75, 3.05) is 30.5 Å². The molecule has 3 rings (SSSR count). The van der Waals surface area contributed by atoms with Crippen molar-refractivity contribution in [3.8, 4) is 5.75 Å². The van der Waals surface area contributed by atoms with Crippen LogP contribution < -0.4 is 10.1 Å². The lowest BCUT2D eigenvalue weighted by molar-refractivity contribution is 0.0747. The molecule has 144 valence electrons. The third-order valence-corrected chi connectivity index (χ3v) is 6.27. The van der Waals surface area contributed by atoms with E-state index in [0.29, 0.717) is 24.4 Å². The van der Waals surface area contributed by atoms with E-state index in [9.17, 15) is 13.2 Å². The fraction of sp³-hybridized carbons (Fsp3) is 0.368. The molecule has 1 atom stereocenters. The number of rotatable bonds is 6. The van der Waals surface area contributed by atoms with Crippen LogP contribution in [0.5, 0.6) is 5.75 Å². The maximum atomic E-state index is 12.7. The molecular formula is C19H23N3O4S. The van der Waals surface area contributed by atoms with Gasteiger partial charge in [-0.05, 0) is 49.7 Å². The molecule has 0 spiro atoms. The minimum Gasteiger partial charge on any atom is -0.494 e. The largest absolute Gasteiger partial charge is 0.494 e. The summed E-state index contributed by atoms with van der Waals surface area (Å²) in [5.74, 6) is 1.27. The fourth-order valence-electron chi connectivity index (χ4n) is 3.03. The number of hydrogen-bond donors (Lipinski definition) is 1. The van der Waals surface area contributed by atoms with E-state index in [2.05, 4.69) is 10.3 Å². The van der Waals surface area contributed by atoms with Gasteiger partial charge in [-0.2, -0.15) is 0 Å². The molecule has 1 saturated heterocycles. The van der Waals surface area contributed by atoms with Gasteiger partial charge in [0, 0.05) is 30.5 Å². The van der Waals surface area contributed by atoms with E-state index in [4.69, 9.17) is 4.74 Å². The third-order valence-electron chi connectivity index (χ3n) is 4.52. The first-order chi connectivity index (χ1) is 12.9. The highest BCUT2D eigenvalue weighted by Crippen LogP contribution is 2.22. The van der Waals surface area contributed by atoms with Gasteiger partial charge in [-0.25, -0.2) is 13.4 Å². The number of benzene rings is 1. The second kappa shape index (κ2) is 7.96. The Morgan fingerprint density at radius 1 is 1.30 bits per heavy atom. The summed E-state index contributed by atoms with van der Waals surface area (Å²) in [5, 5.41) is 3.16. The molecule has 0 radical (unpaired) electrons. The number of aromatic nitrogens is 1. The zero-order valence-corrected chi connectivity index (χ0v) is 16.2. The maximum Gasteiger partial charge on any atom is 0.254 e. The van der Waals surface area contributed by atoms with Gasteiger partial charge >= 0.3 is 0 Å². The van der Waals surface area contributed by atoms with E-state index in [0.717, 1.165) is 11.4 Å². The number of carbonyl (C=O) groups excluding carboxylic acids is 1. The zero-order valence-electron chi connectivity index (χ0n) is 15.4. The highest BCUT2D eigenvalue weighted by atomic mass is 32.2. The van der Waals surface area contributed by atoms with Crippen molar-refractivity contribution in [1.29, 1.82) is 0 Å². The Morgan fingerprint density at radius 2 is 2.04 bits per heavy atom. The molecule has 1 amide bonds. The molecule has 0 bridgehead atoms. The fourth-order valence-corrected chi connectivity index (χ4v) is 4.81. The lowest BCUT2D eigenvalue weighted by atomic mass is 10.1. The quantitative estimate of drug-likeness (QED) is 0.817. The average molecular weight is 389 g/mol. The monoisotopic (exact) mass is 389 g/mol. The number of pyridine rings is 1. The number of nitrogens with one attached hydrogen (secondary N) is 1. The topological polar surface area (TPSA) is 88.6 Å². The van der Waals surface area contributed by atoms with Gasteiger partial charge in [-0.3, -0.25) is 4.79 Å². The van der Waals surface area contributed by atoms with Crippen molar-refractivity contribution >= 4 is 27.2 Å². The number of hydrogen-bond acceptors (Lipinski definition) is 6. The number of sulfone groups is 1. The van der Waals surface area contributed by atoms with Gasteiger partial charge in [-0.15, -0.1) is 0 Å². The van der Waals surface area contributed by atoms with Gasteiger partial charge in [0.1, 0.15) is 11.6 Å². The Kier molecular flexibility index (Phi) is 5.65. The second-order valence-electron chi connectivity index (χ2n) is 6.49. The van der Waals surface area contributed by atoms with Gasteiger partial charge in [0.05, 0.1) is 18.1 Å². The Hall–Kier alpha value is -2.61. The molecule has 2 aromatic rings. The summed E-state index contributed by atoms with van der Waals surface area (Å²) in [4.78, 5) is 18.5. The van der Waals surface area contributed by atoms with E-state index >= 15 is 0 Å². The van der Waals surface area contributed by atoms with Crippen LogP contribution in [0.2, 0.25) is 0 Å². The molecule has 0 aliphatic carbocycles. The van der Waals surface area contributed by atoms with Crippen LogP contribution in [0.1, 0.15) is 23.7 Å². The van der Waals surface area contributed by atoms with Crippen LogP contribution in [0.25, 0.3) is 0 Å². The molecule has 7 nitrogen and oxygen atoms in total. The van der Waals surface area contributed by atoms with Crippen molar-refractivity contribution in [1.82, 2.24) is 9.88 Å². The third kappa shape index (κ3) is 4.77. The molecule has 1 aliphatic rings. The molecule has 1 fully saturated rings. The number of amides is 1. The molecule has 1 aromatic carbocycles. The summed E-state index contributed by atoms with van der Waals surface area (Å²) in [7, 11) is -1.40. The average Bonchev–Trinajstić information content (AvgIpc) is 3.02. The van der Waals surface area contributed by atoms with Gasteiger partial charge in [0.15, 0.2) is 9.84 Å². The van der Waals surface area contributed by atoms with Gasteiger partial charge in [-0.1, -0.05) is 0 Å². The normalized spacial score (nSPS) is 18.1. The second-order valence-corrected chi connectivity index (χ2v) is 8.71. The molecular weight excluding hydrogens is 366 g/mol. The van der Waals surface area contributed by atoms with E-state index < -0.39 is 9.84 Å². The predicted octanol–water partition coefficient (Wildman–Crippen LogP) is 2.48. The first-order valence-corrected chi connectivity index (χ1v) is 10.6. The molecule has 1 aromatic heterocycles. The van der Waals surface area contributed by atoms with E-state index in [1.807, 2.05) is 31.2 Å². The SMILES string of the molecule is CCOc1ccc(Nc2cc(C(=O)N(C)C3CCS(=O)(=O)C3)ccn2)cc1. The van der Waals surface area contributed by atoms with Gasteiger partial charge < -0.3 is 15.0 Å². The molecule has 27 heavy (non-hydrogen) atoms. The summed E-state index contributed by atoms with van der Waals surface area (Å²) < 4.78 is 28.7. The van der Waals surface area contributed by atoms with Crippen LogP contribution in [-0.4, -0.2) is 55.4 Å². The summed E-state index contributed by atoms with van der Waals surface area (Å²) >= 11 is 0. The van der Waals surface area contributed by atoms with Crippen molar-refractivity contribution < 1.29 is 17.9 Å². The standard InChI is InChI=1S/C19H23N3O4S/c1-3-26-17-6-4-15(5-7-17)21-18-12-14(8-10-20-18)19(23)22(2)16-9-11-27(24,25)13-16/h4-8,10,12,16H,3,9,11,13H2,1-2H3,(H,20,21). The van der Waals surface area contributed by atoms with E-state index in [1.165, 1.54) is 4.90 Å². The van der Waals surface area contributed by atoms with Crippen molar-refractivity contribution in [2.24, 2.45) is 0 Å². The predicted molar refractivity (Wildman–Crippen MR) is 104 cm³/mol. The first-order valence-electron chi connectivity index (χ1n) is 8.81. The summed E-state index contributed by atoms with van der Waals surface area (Å²) in [6.45, 7) is 2.53. The van der Waals surface area contributed by atoms with Gasteiger partial charge in [0.25, 0.3) is 5.91 Å². The maximum absolute atomic E-state index is 12.7. The van der Waals surface area contributed by atoms with Gasteiger partial charge in [0.2, 0.25) is 0 Å². The molecule has 2 heterocycles. The van der Waals surface area contributed by atoms with E-state index in [1.54, 1.807) is 25.4 Å². The van der Waals surface area contributed by atoms with Crippen molar-refractivity contribution in [2.45, 2.75) is 19.4 Å². The molecule has 1 unspecified atom stereocenters. The summed E-state index contributed by atoms with van der Waals surface area (Å²) in [6.07, 6.45) is 2.04. The highest BCUT2D eigenvalue weighted by molar-refractivity contribution is 7.91. The van der Waals surface area contributed by atoms with Crippen LogP contribution in [0, 0.1) is 0 Å². The summed E-state index contributed by atoms with van der Waals surface area (Å²) in [6, 6.07) is 10.5. The molecule has 1 N–H and O–H groups in total. The number of nitrogens with zero attached hydrogens (tertiary/aromatic N) is 2. The highest BCUT2D eigenvalue weighted by Gasteiger charge is 2.33. The molecule has 8 heteroatoms. The van der Waals surface area contributed by atoms with Crippen molar-refractivity contribution in [3.63, 3.8) is 0 Å². The Balaban J connectivity index is 1.70. The van der Waals surface area contributed by atoms with Crippen LogP contribution in [0.15, 0.2) is 42.6 Å². The minimum atomic E-state index is -3.04. The summed E-state index contributed by atoms with van der Waals surface area (Å²) in [5.41, 5.74) is 1.29. The number of anilines is 2. The minimum absolute atomic E-state index is 0.0254.